The topological polar surface area (TPSA) is 24.9 Å². The van der Waals surface area contributed by atoms with Crippen molar-refractivity contribution in [2.45, 2.75) is 26.8 Å². The quantitative estimate of drug-likeness (QED) is 0.905. The zero-order valence-corrected chi connectivity index (χ0v) is 11.6. The summed E-state index contributed by atoms with van der Waals surface area (Å²) in [6.45, 7) is 6.86. The highest BCUT2D eigenvalue weighted by molar-refractivity contribution is 7.13. The number of nitrogens with one attached hydrogen (secondary N) is 1. The van der Waals surface area contributed by atoms with Crippen LogP contribution in [0.2, 0.25) is 0 Å². The molecular formula is C14H17FN2S. The third kappa shape index (κ3) is 2.76. The molecule has 0 aliphatic heterocycles. The molecule has 1 unspecified atom stereocenters. The van der Waals surface area contributed by atoms with Crippen LogP contribution in [0.5, 0.6) is 0 Å². The Morgan fingerprint density at radius 2 is 2.22 bits per heavy atom. The zero-order valence-electron chi connectivity index (χ0n) is 10.8. The molecule has 0 spiro atoms. The van der Waals surface area contributed by atoms with Crippen LogP contribution < -0.4 is 5.32 Å². The van der Waals surface area contributed by atoms with Gasteiger partial charge in [-0.25, -0.2) is 9.37 Å². The molecule has 0 aliphatic carbocycles. The Bertz CT molecular complexity index is 536. The van der Waals surface area contributed by atoms with Gasteiger partial charge in [0, 0.05) is 17.0 Å². The van der Waals surface area contributed by atoms with E-state index in [0.29, 0.717) is 5.56 Å². The van der Waals surface area contributed by atoms with Gasteiger partial charge in [0.1, 0.15) is 10.8 Å². The van der Waals surface area contributed by atoms with Crippen LogP contribution in [0.25, 0.3) is 10.6 Å². The lowest BCUT2D eigenvalue weighted by atomic mass is 10.1. The molecule has 0 fully saturated rings. The van der Waals surface area contributed by atoms with Crippen molar-refractivity contribution in [3.8, 4) is 10.6 Å². The number of hydrogen-bond donors (Lipinski definition) is 1. The normalized spacial score (nSPS) is 12.7. The van der Waals surface area contributed by atoms with E-state index in [-0.39, 0.29) is 11.9 Å². The fourth-order valence-corrected chi connectivity index (χ4v) is 2.72. The van der Waals surface area contributed by atoms with Crippen molar-refractivity contribution in [3.63, 3.8) is 0 Å². The van der Waals surface area contributed by atoms with Gasteiger partial charge in [-0.05, 0) is 44.2 Å². The molecule has 96 valence electrons. The van der Waals surface area contributed by atoms with Crippen molar-refractivity contribution in [3.05, 3.63) is 40.7 Å². The van der Waals surface area contributed by atoms with Crippen LogP contribution in [0.15, 0.2) is 23.6 Å². The van der Waals surface area contributed by atoms with E-state index in [9.17, 15) is 4.39 Å². The molecule has 2 rings (SSSR count). The largest absolute Gasteiger partial charge is 0.309 e. The summed E-state index contributed by atoms with van der Waals surface area (Å²) >= 11 is 1.60. The molecule has 0 bridgehead atoms. The maximum absolute atomic E-state index is 13.2. The lowest BCUT2D eigenvalue weighted by Crippen LogP contribution is -2.17. The molecule has 2 aromatic rings. The number of aryl methyl sites for hydroxylation is 1. The van der Waals surface area contributed by atoms with Crippen molar-refractivity contribution < 1.29 is 4.39 Å². The van der Waals surface area contributed by atoms with Crippen molar-refractivity contribution >= 4 is 11.3 Å². The highest BCUT2D eigenvalue weighted by atomic mass is 32.1. The van der Waals surface area contributed by atoms with Crippen molar-refractivity contribution in [1.29, 1.82) is 0 Å². The molecule has 4 heteroatoms. The van der Waals surface area contributed by atoms with Crippen LogP contribution in [-0.4, -0.2) is 11.5 Å². The van der Waals surface area contributed by atoms with E-state index in [0.717, 1.165) is 22.8 Å². The molecule has 1 atom stereocenters. The van der Waals surface area contributed by atoms with Gasteiger partial charge in [0.15, 0.2) is 0 Å². The standard InChI is InChI=1S/C14H17FN2S/c1-4-16-10(3)13-8-18-14(17-13)11-5-6-12(15)9(2)7-11/h5-8,10,16H,4H2,1-3H3. The second-order valence-corrected chi connectivity index (χ2v) is 5.18. The number of nitrogens with zero attached hydrogens (tertiary/aromatic N) is 1. The minimum Gasteiger partial charge on any atom is -0.309 e. The first-order valence-corrected chi connectivity index (χ1v) is 6.95. The molecule has 0 radical (unpaired) electrons. The second-order valence-electron chi connectivity index (χ2n) is 4.32. The predicted octanol–water partition coefficient (Wildman–Crippen LogP) is 3.93. The Hall–Kier alpha value is -1.26. The first-order chi connectivity index (χ1) is 8.61. The molecule has 0 saturated heterocycles. The number of hydrogen-bond acceptors (Lipinski definition) is 3. The Kier molecular flexibility index (Phi) is 4.09. The van der Waals surface area contributed by atoms with Gasteiger partial charge in [-0.2, -0.15) is 0 Å². The van der Waals surface area contributed by atoms with E-state index in [1.807, 2.05) is 6.07 Å². The Morgan fingerprint density at radius 1 is 1.44 bits per heavy atom. The molecule has 1 aromatic heterocycles. The second kappa shape index (κ2) is 5.59. The average molecular weight is 264 g/mol. The van der Waals surface area contributed by atoms with Gasteiger partial charge >= 0.3 is 0 Å². The van der Waals surface area contributed by atoms with Crippen molar-refractivity contribution in [2.24, 2.45) is 0 Å². The van der Waals surface area contributed by atoms with Crippen LogP contribution in [0.3, 0.4) is 0 Å². The maximum Gasteiger partial charge on any atom is 0.126 e. The highest BCUT2D eigenvalue weighted by Gasteiger charge is 2.10. The third-order valence-corrected chi connectivity index (χ3v) is 3.79. The van der Waals surface area contributed by atoms with Crippen LogP contribution in [0.4, 0.5) is 4.39 Å². The van der Waals surface area contributed by atoms with Gasteiger partial charge in [-0.1, -0.05) is 6.92 Å². The first-order valence-electron chi connectivity index (χ1n) is 6.07. The summed E-state index contributed by atoms with van der Waals surface area (Å²) in [5.41, 5.74) is 2.68. The maximum atomic E-state index is 13.2. The Morgan fingerprint density at radius 3 is 2.89 bits per heavy atom. The summed E-state index contributed by atoms with van der Waals surface area (Å²) in [4.78, 5) is 4.60. The fourth-order valence-electron chi connectivity index (χ4n) is 1.81. The molecule has 1 aromatic carbocycles. The third-order valence-electron chi connectivity index (χ3n) is 2.88. The number of aromatic nitrogens is 1. The molecule has 1 heterocycles. The lowest BCUT2D eigenvalue weighted by molar-refractivity contribution is 0.587. The summed E-state index contributed by atoms with van der Waals surface area (Å²) in [5, 5.41) is 6.33. The minimum absolute atomic E-state index is 0.170. The SMILES string of the molecule is CCNC(C)c1csc(-c2ccc(F)c(C)c2)n1. The van der Waals surface area contributed by atoms with E-state index in [4.69, 9.17) is 0 Å². The summed E-state index contributed by atoms with van der Waals surface area (Å²) in [5.74, 6) is -0.170. The number of thiazole rings is 1. The van der Waals surface area contributed by atoms with Gasteiger partial charge in [0.2, 0.25) is 0 Å². The summed E-state index contributed by atoms with van der Waals surface area (Å²) in [6, 6.07) is 5.37. The molecule has 0 aliphatic rings. The van der Waals surface area contributed by atoms with Crippen LogP contribution in [-0.2, 0) is 0 Å². The van der Waals surface area contributed by atoms with Crippen LogP contribution in [0, 0.1) is 12.7 Å². The van der Waals surface area contributed by atoms with Crippen molar-refractivity contribution in [2.75, 3.05) is 6.54 Å². The van der Waals surface area contributed by atoms with Crippen molar-refractivity contribution in [1.82, 2.24) is 10.3 Å². The first kappa shape index (κ1) is 13.2. The van der Waals surface area contributed by atoms with E-state index in [1.165, 1.54) is 6.07 Å². The fraction of sp³-hybridized carbons (Fsp3) is 0.357. The number of benzene rings is 1. The van der Waals surface area contributed by atoms with E-state index >= 15 is 0 Å². The van der Waals surface area contributed by atoms with E-state index in [2.05, 4.69) is 29.5 Å². The van der Waals surface area contributed by atoms with Gasteiger partial charge in [-0.15, -0.1) is 11.3 Å². The summed E-state index contributed by atoms with van der Waals surface area (Å²) in [7, 11) is 0. The average Bonchev–Trinajstić information content (AvgIpc) is 2.82. The van der Waals surface area contributed by atoms with Gasteiger partial charge < -0.3 is 5.32 Å². The van der Waals surface area contributed by atoms with Gasteiger partial charge in [0.05, 0.1) is 5.69 Å². The molecule has 0 saturated carbocycles. The number of halogens is 1. The summed E-state index contributed by atoms with van der Waals surface area (Å²) in [6.07, 6.45) is 0. The molecule has 18 heavy (non-hydrogen) atoms. The minimum atomic E-state index is -0.170. The van der Waals surface area contributed by atoms with Crippen LogP contribution >= 0.6 is 11.3 Å². The van der Waals surface area contributed by atoms with E-state index < -0.39 is 0 Å². The van der Waals surface area contributed by atoms with Crippen LogP contribution in [0.1, 0.15) is 31.1 Å². The monoisotopic (exact) mass is 264 g/mol. The number of rotatable bonds is 4. The van der Waals surface area contributed by atoms with E-state index in [1.54, 1.807) is 24.3 Å². The lowest BCUT2D eigenvalue weighted by Gasteiger charge is -2.08. The predicted molar refractivity (Wildman–Crippen MR) is 74.3 cm³/mol. The zero-order chi connectivity index (χ0) is 13.1. The van der Waals surface area contributed by atoms with Gasteiger partial charge in [-0.3, -0.25) is 0 Å². The molecule has 2 nitrogen and oxygen atoms in total. The Balaban J connectivity index is 2.26. The Labute approximate surface area is 111 Å². The smallest absolute Gasteiger partial charge is 0.126 e. The highest BCUT2D eigenvalue weighted by Crippen LogP contribution is 2.27. The molecule has 1 N–H and O–H groups in total. The van der Waals surface area contributed by atoms with Gasteiger partial charge in [0.25, 0.3) is 0 Å². The molecule has 0 amide bonds. The molecular weight excluding hydrogens is 247 g/mol. The summed E-state index contributed by atoms with van der Waals surface area (Å²) < 4.78 is 13.2.